The summed E-state index contributed by atoms with van der Waals surface area (Å²) in [5, 5.41) is 16.5. The van der Waals surface area contributed by atoms with Gasteiger partial charge in [-0.25, -0.2) is 9.78 Å². The lowest BCUT2D eigenvalue weighted by atomic mass is 9.64. The molecule has 1 aromatic rings. The molecule has 148 valence electrons. The van der Waals surface area contributed by atoms with Crippen LogP contribution in [0.1, 0.15) is 50.0 Å². The highest BCUT2D eigenvalue weighted by molar-refractivity contribution is 7.09. The van der Waals surface area contributed by atoms with Gasteiger partial charge < -0.3 is 20.2 Å². The molecule has 0 bridgehead atoms. The summed E-state index contributed by atoms with van der Waals surface area (Å²) in [6.45, 7) is 4.97. The average molecular weight is 391 g/mol. The van der Waals surface area contributed by atoms with E-state index in [9.17, 15) is 9.90 Å². The van der Waals surface area contributed by atoms with Crippen LogP contribution in [-0.2, 0) is 5.54 Å². The number of nitrogens with zero attached hydrogens (tertiary/aromatic N) is 3. The van der Waals surface area contributed by atoms with Crippen LogP contribution in [0.25, 0.3) is 0 Å². The SMILES string of the molecule is O=C(O)N1CCC2(CC(N3CCC([C@@]4(c5nccs5)CCCN4)CC3)C2)C1. The quantitative estimate of drug-likeness (QED) is 0.830. The van der Waals surface area contributed by atoms with Gasteiger partial charge in [0.25, 0.3) is 0 Å². The van der Waals surface area contributed by atoms with E-state index in [2.05, 4.69) is 20.6 Å². The molecule has 1 atom stereocenters. The van der Waals surface area contributed by atoms with Gasteiger partial charge in [-0.2, -0.15) is 0 Å². The summed E-state index contributed by atoms with van der Waals surface area (Å²) in [6, 6.07) is 0.673. The summed E-state index contributed by atoms with van der Waals surface area (Å²) >= 11 is 1.81. The van der Waals surface area contributed by atoms with E-state index in [0.29, 0.717) is 12.0 Å². The van der Waals surface area contributed by atoms with Crippen LogP contribution < -0.4 is 5.32 Å². The Morgan fingerprint density at radius 1 is 1.26 bits per heavy atom. The molecule has 0 aromatic carbocycles. The average Bonchev–Trinajstić information content (AvgIpc) is 3.40. The normalized spacial score (nSPS) is 37.8. The highest BCUT2D eigenvalue weighted by atomic mass is 32.1. The van der Waals surface area contributed by atoms with Gasteiger partial charge in [-0.1, -0.05) is 0 Å². The van der Waals surface area contributed by atoms with Gasteiger partial charge >= 0.3 is 6.09 Å². The molecule has 1 amide bonds. The number of nitrogens with one attached hydrogen (secondary N) is 1. The lowest BCUT2D eigenvalue weighted by molar-refractivity contribution is -0.0172. The summed E-state index contributed by atoms with van der Waals surface area (Å²) in [7, 11) is 0. The van der Waals surface area contributed by atoms with Gasteiger partial charge in [-0.3, -0.25) is 0 Å². The third-order valence-corrected chi connectivity index (χ3v) is 8.74. The Hall–Kier alpha value is -1.18. The molecule has 1 spiro atoms. The fraction of sp³-hybridized carbons (Fsp3) is 0.800. The second-order valence-corrected chi connectivity index (χ2v) is 10.1. The molecule has 1 aliphatic carbocycles. The molecule has 1 saturated carbocycles. The van der Waals surface area contributed by atoms with Gasteiger partial charge in [0.05, 0.1) is 5.54 Å². The molecule has 6 nitrogen and oxygen atoms in total. The molecule has 3 saturated heterocycles. The highest BCUT2D eigenvalue weighted by Crippen LogP contribution is 2.51. The minimum absolute atomic E-state index is 0.120. The lowest BCUT2D eigenvalue weighted by Crippen LogP contribution is -2.56. The zero-order valence-electron chi connectivity index (χ0n) is 15.9. The van der Waals surface area contributed by atoms with Crippen LogP contribution in [0.5, 0.6) is 0 Å². The van der Waals surface area contributed by atoms with Crippen LogP contribution in [0, 0.1) is 11.3 Å². The molecule has 2 N–H and O–H groups in total. The van der Waals surface area contributed by atoms with Gasteiger partial charge in [-0.05, 0) is 75.9 Å². The first-order valence-electron chi connectivity index (χ1n) is 10.5. The van der Waals surface area contributed by atoms with Crippen molar-refractivity contribution in [2.75, 3.05) is 32.7 Å². The maximum absolute atomic E-state index is 11.2. The second kappa shape index (κ2) is 6.71. The van der Waals surface area contributed by atoms with E-state index in [1.165, 1.54) is 56.6 Å². The third-order valence-electron chi connectivity index (χ3n) is 7.79. The van der Waals surface area contributed by atoms with Crippen molar-refractivity contribution >= 4 is 17.4 Å². The van der Waals surface area contributed by atoms with E-state index < -0.39 is 6.09 Å². The van der Waals surface area contributed by atoms with E-state index in [0.717, 1.165) is 26.1 Å². The van der Waals surface area contributed by atoms with E-state index in [4.69, 9.17) is 0 Å². The van der Waals surface area contributed by atoms with Crippen molar-refractivity contribution in [1.29, 1.82) is 0 Å². The van der Waals surface area contributed by atoms with E-state index in [-0.39, 0.29) is 11.0 Å². The fourth-order valence-electron chi connectivity index (χ4n) is 6.30. The summed E-state index contributed by atoms with van der Waals surface area (Å²) in [5.41, 5.74) is 0.406. The van der Waals surface area contributed by atoms with Crippen LogP contribution in [0.4, 0.5) is 4.79 Å². The van der Waals surface area contributed by atoms with Gasteiger partial charge in [0, 0.05) is 30.7 Å². The minimum Gasteiger partial charge on any atom is -0.465 e. The molecule has 27 heavy (non-hydrogen) atoms. The van der Waals surface area contributed by atoms with Crippen LogP contribution in [0.3, 0.4) is 0 Å². The van der Waals surface area contributed by atoms with E-state index in [1.807, 2.05) is 17.5 Å². The van der Waals surface area contributed by atoms with E-state index >= 15 is 0 Å². The Bertz CT molecular complexity index is 674. The van der Waals surface area contributed by atoms with Crippen molar-refractivity contribution < 1.29 is 9.90 Å². The monoisotopic (exact) mass is 390 g/mol. The Morgan fingerprint density at radius 3 is 2.67 bits per heavy atom. The summed E-state index contributed by atoms with van der Waals surface area (Å²) in [5.74, 6) is 0.686. The first-order valence-corrected chi connectivity index (χ1v) is 11.4. The standard InChI is InChI=1S/C20H30N4O2S/c25-18(26)24-10-5-19(14-24)12-16(13-19)23-8-2-15(3-9-23)20(4-1-6-22-20)17-21-7-11-27-17/h7,11,15-16,22H,1-6,8-10,12-14H2,(H,25,26)/t16?,19?,20-/m1/s1. The van der Waals surface area contributed by atoms with Crippen molar-refractivity contribution in [2.24, 2.45) is 11.3 Å². The van der Waals surface area contributed by atoms with Crippen molar-refractivity contribution in [3.63, 3.8) is 0 Å². The smallest absolute Gasteiger partial charge is 0.407 e. The lowest BCUT2D eigenvalue weighted by Gasteiger charge is -2.52. The predicted molar refractivity (Wildman–Crippen MR) is 105 cm³/mol. The fourth-order valence-corrected chi connectivity index (χ4v) is 7.23. The Morgan fingerprint density at radius 2 is 2.07 bits per heavy atom. The molecular formula is C20H30N4O2S. The van der Waals surface area contributed by atoms with Crippen molar-refractivity contribution in [3.05, 3.63) is 16.6 Å². The molecule has 4 fully saturated rings. The number of piperidine rings is 1. The molecule has 4 aliphatic rings. The topological polar surface area (TPSA) is 68.7 Å². The van der Waals surface area contributed by atoms with Crippen LogP contribution >= 0.6 is 11.3 Å². The molecule has 5 rings (SSSR count). The molecule has 3 aliphatic heterocycles. The van der Waals surface area contributed by atoms with E-state index in [1.54, 1.807) is 4.90 Å². The Kier molecular flexibility index (Phi) is 4.44. The minimum atomic E-state index is -0.743. The van der Waals surface area contributed by atoms with Gasteiger partial charge in [0.15, 0.2) is 0 Å². The largest absolute Gasteiger partial charge is 0.465 e. The number of hydrogen-bond donors (Lipinski definition) is 2. The number of hydrogen-bond acceptors (Lipinski definition) is 5. The molecule has 1 aromatic heterocycles. The Labute approximate surface area is 164 Å². The number of carbonyl (C=O) groups is 1. The maximum atomic E-state index is 11.2. The number of amides is 1. The van der Waals surface area contributed by atoms with Gasteiger partial charge in [0.1, 0.15) is 5.01 Å². The van der Waals surface area contributed by atoms with Crippen molar-refractivity contribution in [2.45, 2.75) is 56.5 Å². The molecule has 7 heteroatoms. The third kappa shape index (κ3) is 2.98. The van der Waals surface area contributed by atoms with Crippen molar-refractivity contribution in [3.8, 4) is 0 Å². The zero-order chi connectivity index (χ0) is 18.5. The number of aromatic nitrogens is 1. The number of rotatable bonds is 3. The van der Waals surface area contributed by atoms with Gasteiger partial charge in [0.2, 0.25) is 0 Å². The number of thiazole rings is 1. The predicted octanol–water partition coefficient (Wildman–Crippen LogP) is 2.97. The molecule has 4 heterocycles. The summed E-state index contributed by atoms with van der Waals surface area (Å²) in [6.07, 6.45) is 9.63. The van der Waals surface area contributed by atoms with Crippen molar-refractivity contribution in [1.82, 2.24) is 20.1 Å². The first kappa shape index (κ1) is 17.9. The van der Waals surface area contributed by atoms with Gasteiger partial charge in [-0.15, -0.1) is 11.3 Å². The molecule has 0 unspecified atom stereocenters. The molecule has 0 radical (unpaired) electrons. The second-order valence-electron chi connectivity index (χ2n) is 9.17. The first-order chi connectivity index (χ1) is 13.1. The zero-order valence-corrected chi connectivity index (χ0v) is 16.7. The highest BCUT2D eigenvalue weighted by Gasteiger charge is 2.52. The summed E-state index contributed by atoms with van der Waals surface area (Å²) in [4.78, 5) is 20.2. The van der Waals surface area contributed by atoms with Crippen LogP contribution in [0.15, 0.2) is 11.6 Å². The Balaban J connectivity index is 1.18. The molecular weight excluding hydrogens is 360 g/mol. The van der Waals surface area contributed by atoms with Crippen LogP contribution in [-0.4, -0.2) is 64.7 Å². The summed E-state index contributed by atoms with van der Waals surface area (Å²) < 4.78 is 0. The number of likely N-dealkylation sites (tertiary alicyclic amines) is 2. The van der Waals surface area contributed by atoms with Crippen LogP contribution in [0.2, 0.25) is 0 Å². The number of carboxylic acid groups (broad SMARTS) is 1. The maximum Gasteiger partial charge on any atom is 0.407 e.